The van der Waals surface area contributed by atoms with Crippen LogP contribution in [0, 0.1) is 0 Å². The molecule has 1 atom stereocenters. The van der Waals surface area contributed by atoms with E-state index in [1.54, 1.807) is 0 Å². The lowest BCUT2D eigenvalue weighted by Gasteiger charge is -2.37. The van der Waals surface area contributed by atoms with Gasteiger partial charge in [-0.3, -0.25) is 0 Å². The summed E-state index contributed by atoms with van der Waals surface area (Å²) >= 11 is 6.29. The van der Waals surface area contributed by atoms with Gasteiger partial charge in [-0.1, -0.05) is 26.8 Å². The van der Waals surface area contributed by atoms with E-state index in [4.69, 9.17) is 16.0 Å². The van der Waals surface area contributed by atoms with Crippen LogP contribution in [0.1, 0.15) is 40.0 Å². The Hall–Kier alpha value is 0.207. The molecule has 16 heavy (non-hydrogen) atoms. The molecule has 1 aliphatic rings. The number of rotatable bonds is 3. The summed E-state index contributed by atoms with van der Waals surface area (Å²) in [6.07, 6.45) is 5.76. The Morgan fingerprint density at radius 2 is 2.06 bits per heavy atom. The highest BCUT2D eigenvalue weighted by atomic mass is 35.5. The Morgan fingerprint density at radius 3 is 2.56 bits per heavy atom. The molecule has 1 aliphatic carbocycles. The van der Waals surface area contributed by atoms with Gasteiger partial charge in [-0.05, 0) is 43.0 Å². The minimum Gasteiger partial charge on any atom is -0.413 e. The van der Waals surface area contributed by atoms with Gasteiger partial charge in [-0.25, -0.2) is 0 Å². The van der Waals surface area contributed by atoms with Gasteiger partial charge >= 0.3 is 0 Å². The van der Waals surface area contributed by atoms with E-state index in [1.807, 2.05) is 0 Å². The standard InChI is InChI=1S/C13H25ClOSi/c1-13(2,3)16(4,5)15-10-11-8-6-7-9-12(11)14/h8,12H,6-7,9-10H2,1-5H3. The number of alkyl halides is 1. The summed E-state index contributed by atoms with van der Waals surface area (Å²) in [5, 5.41) is 0.489. The third kappa shape index (κ3) is 3.61. The van der Waals surface area contributed by atoms with Crippen LogP contribution in [0.5, 0.6) is 0 Å². The fraction of sp³-hybridized carbons (Fsp3) is 0.846. The first-order valence-electron chi connectivity index (χ1n) is 6.21. The molecule has 0 saturated carbocycles. The first kappa shape index (κ1) is 14.3. The molecule has 1 nitrogen and oxygen atoms in total. The maximum atomic E-state index is 6.29. The van der Waals surface area contributed by atoms with Crippen LogP contribution in [0.25, 0.3) is 0 Å². The molecule has 0 radical (unpaired) electrons. The van der Waals surface area contributed by atoms with Crippen LogP contribution in [0.15, 0.2) is 11.6 Å². The van der Waals surface area contributed by atoms with Crippen molar-refractivity contribution in [2.75, 3.05) is 6.61 Å². The highest BCUT2D eigenvalue weighted by Gasteiger charge is 2.37. The van der Waals surface area contributed by atoms with Gasteiger partial charge in [-0.15, -0.1) is 11.6 Å². The first-order chi connectivity index (χ1) is 7.24. The van der Waals surface area contributed by atoms with Crippen molar-refractivity contribution < 1.29 is 4.43 Å². The predicted octanol–water partition coefficient (Wildman–Crippen LogP) is 4.73. The molecule has 0 heterocycles. The van der Waals surface area contributed by atoms with Crippen LogP contribution in [-0.4, -0.2) is 20.3 Å². The van der Waals surface area contributed by atoms with Crippen molar-refractivity contribution in [1.82, 2.24) is 0 Å². The summed E-state index contributed by atoms with van der Waals surface area (Å²) in [7, 11) is -1.62. The molecule has 1 rings (SSSR count). The van der Waals surface area contributed by atoms with Crippen LogP contribution < -0.4 is 0 Å². The summed E-state index contributed by atoms with van der Waals surface area (Å²) in [5.74, 6) is 0. The molecule has 0 bridgehead atoms. The number of halogens is 1. The summed E-state index contributed by atoms with van der Waals surface area (Å²) in [6, 6.07) is 0. The molecule has 0 aliphatic heterocycles. The summed E-state index contributed by atoms with van der Waals surface area (Å²) < 4.78 is 6.19. The molecule has 3 heteroatoms. The third-order valence-electron chi connectivity index (χ3n) is 3.88. The van der Waals surface area contributed by atoms with Gasteiger partial charge < -0.3 is 4.43 Å². The van der Waals surface area contributed by atoms with Gasteiger partial charge in [0.05, 0.1) is 12.0 Å². The van der Waals surface area contributed by atoms with Gasteiger partial charge in [0.2, 0.25) is 0 Å². The van der Waals surface area contributed by atoms with Gasteiger partial charge in [-0.2, -0.15) is 0 Å². The Balaban J connectivity index is 2.54. The summed E-state index contributed by atoms with van der Waals surface area (Å²) in [6.45, 7) is 12.1. The SMILES string of the molecule is CC(C)(C)[Si](C)(C)OCC1=CCCCC1Cl. The van der Waals surface area contributed by atoms with E-state index < -0.39 is 8.32 Å². The molecule has 0 aromatic heterocycles. The maximum Gasteiger partial charge on any atom is 0.192 e. The zero-order chi connectivity index (χ0) is 12.4. The zero-order valence-corrected chi connectivity index (χ0v) is 13.0. The van der Waals surface area contributed by atoms with Crippen molar-refractivity contribution in [1.29, 1.82) is 0 Å². The fourth-order valence-electron chi connectivity index (χ4n) is 1.53. The summed E-state index contributed by atoms with van der Waals surface area (Å²) in [4.78, 5) is 0. The van der Waals surface area contributed by atoms with Crippen molar-refractivity contribution in [2.24, 2.45) is 0 Å². The Bertz CT molecular complexity index is 266. The smallest absolute Gasteiger partial charge is 0.192 e. The van der Waals surface area contributed by atoms with Gasteiger partial charge in [0.1, 0.15) is 0 Å². The molecule has 94 valence electrons. The molecule has 0 aromatic rings. The number of hydrogen-bond donors (Lipinski definition) is 0. The topological polar surface area (TPSA) is 9.23 Å². The lowest BCUT2D eigenvalue weighted by molar-refractivity contribution is 0.312. The van der Waals surface area contributed by atoms with E-state index in [-0.39, 0.29) is 10.4 Å². The molecule has 0 amide bonds. The fourth-order valence-corrected chi connectivity index (χ4v) is 2.79. The van der Waals surface area contributed by atoms with Crippen LogP contribution in [0.3, 0.4) is 0 Å². The van der Waals surface area contributed by atoms with Crippen molar-refractivity contribution in [3.05, 3.63) is 11.6 Å². The summed E-state index contributed by atoms with van der Waals surface area (Å²) in [5.41, 5.74) is 1.30. The number of hydrogen-bond acceptors (Lipinski definition) is 1. The van der Waals surface area contributed by atoms with Gasteiger partial charge in [0, 0.05) is 0 Å². The van der Waals surface area contributed by atoms with Crippen molar-refractivity contribution in [2.45, 2.75) is 63.5 Å². The quantitative estimate of drug-likeness (QED) is 0.405. The van der Waals surface area contributed by atoms with Gasteiger partial charge in [0.15, 0.2) is 8.32 Å². The van der Waals surface area contributed by atoms with E-state index in [0.717, 1.165) is 13.0 Å². The minimum absolute atomic E-state index is 0.207. The predicted molar refractivity (Wildman–Crippen MR) is 74.7 cm³/mol. The Kier molecular flexibility index (Phi) is 4.67. The first-order valence-corrected chi connectivity index (χ1v) is 9.55. The van der Waals surface area contributed by atoms with E-state index in [9.17, 15) is 0 Å². The second-order valence-corrected chi connectivity index (χ2v) is 11.6. The molecular formula is C13H25ClOSi. The lowest BCUT2D eigenvalue weighted by atomic mass is 10.00. The van der Waals surface area contributed by atoms with Crippen molar-refractivity contribution >= 4 is 19.9 Å². The van der Waals surface area contributed by atoms with Gasteiger partial charge in [0.25, 0.3) is 0 Å². The van der Waals surface area contributed by atoms with Crippen LogP contribution in [-0.2, 0) is 4.43 Å². The average Bonchev–Trinajstić information content (AvgIpc) is 2.15. The van der Waals surface area contributed by atoms with Crippen molar-refractivity contribution in [3.8, 4) is 0 Å². The lowest BCUT2D eigenvalue weighted by Crippen LogP contribution is -2.41. The molecule has 0 aromatic carbocycles. The monoisotopic (exact) mass is 260 g/mol. The normalized spacial score (nSPS) is 23.1. The molecular weight excluding hydrogens is 236 g/mol. The van der Waals surface area contributed by atoms with E-state index in [2.05, 4.69) is 39.9 Å². The van der Waals surface area contributed by atoms with Crippen LogP contribution in [0.4, 0.5) is 0 Å². The maximum absolute atomic E-state index is 6.29. The second-order valence-electron chi connectivity index (χ2n) is 6.23. The molecule has 1 unspecified atom stereocenters. The molecule has 0 N–H and O–H groups in total. The highest BCUT2D eigenvalue weighted by molar-refractivity contribution is 6.74. The van der Waals surface area contributed by atoms with E-state index in [1.165, 1.54) is 18.4 Å². The number of allylic oxidation sites excluding steroid dienone is 1. The van der Waals surface area contributed by atoms with E-state index >= 15 is 0 Å². The second kappa shape index (κ2) is 5.24. The zero-order valence-electron chi connectivity index (χ0n) is 11.3. The largest absolute Gasteiger partial charge is 0.413 e. The Labute approximate surface area is 106 Å². The third-order valence-corrected chi connectivity index (χ3v) is 8.85. The van der Waals surface area contributed by atoms with Crippen LogP contribution >= 0.6 is 11.6 Å². The highest BCUT2D eigenvalue weighted by Crippen LogP contribution is 2.37. The molecule has 0 fully saturated rings. The van der Waals surface area contributed by atoms with Crippen molar-refractivity contribution in [3.63, 3.8) is 0 Å². The average molecular weight is 261 g/mol. The molecule has 0 saturated heterocycles. The molecule has 0 spiro atoms. The van der Waals surface area contributed by atoms with E-state index in [0.29, 0.717) is 0 Å². The van der Waals surface area contributed by atoms with Crippen LogP contribution in [0.2, 0.25) is 18.1 Å². The minimum atomic E-state index is -1.62. The Morgan fingerprint density at radius 1 is 1.44 bits per heavy atom.